The molecule has 0 spiro atoms. The molecule has 1 fully saturated rings. The Morgan fingerprint density at radius 3 is 2.65 bits per heavy atom. The second kappa shape index (κ2) is 9.64. The maximum absolute atomic E-state index is 12.6. The van der Waals surface area contributed by atoms with Crippen LogP contribution in [0.4, 0.5) is 5.69 Å². The minimum Gasteiger partial charge on any atom is -0.493 e. The normalized spacial score (nSPS) is 18.3. The highest BCUT2D eigenvalue weighted by molar-refractivity contribution is 6.04. The molecule has 1 atom stereocenters. The molecule has 2 N–H and O–H groups in total. The summed E-state index contributed by atoms with van der Waals surface area (Å²) in [7, 11) is 0. The van der Waals surface area contributed by atoms with E-state index in [2.05, 4.69) is 15.4 Å². The molecule has 0 saturated carbocycles. The molecule has 31 heavy (non-hydrogen) atoms. The van der Waals surface area contributed by atoms with Crippen LogP contribution in [0.5, 0.6) is 5.75 Å². The second-order valence-corrected chi connectivity index (χ2v) is 8.14. The summed E-state index contributed by atoms with van der Waals surface area (Å²) in [5, 5.41) is 18.5. The number of hydrogen-bond acceptors (Lipinski definition) is 5. The molecule has 1 saturated heterocycles. The van der Waals surface area contributed by atoms with Crippen molar-refractivity contribution in [2.45, 2.75) is 32.1 Å². The summed E-state index contributed by atoms with van der Waals surface area (Å²) >= 11 is 0. The standard InChI is InChI=1S/C24H27N3O4/c28-23(29)13-18-12-20-8-9-21(14-22(20)31-16-18)26-24(30)19-6-4-17(5-7-19)15-25-27-10-2-1-3-11-27/h4-9,14-15,18H,1-3,10-13,16H2,(H,26,30)(H,28,29). The molecule has 2 aliphatic heterocycles. The van der Waals surface area contributed by atoms with Crippen molar-refractivity contribution in [1.29, 1.82) is 0 Å². The number of rotatable bonds is 6. The van der Waals surface area contributed by atoms with Crippen LogP contribution in [0, 0.1) is 5.92 Å². The van der Waals surface area contributed by atoms with E-state index in [9.17, 15) is 9.59 Å². The Kier molecular flexibility index (Phi) is 6.50. The fourth-order valence-electron chi connectivity index (χ4n) is 3.96. The Labute approximate surface area is 181 Å². The molecular weight excluding hydrogens is 394 g/mol. The van der Waals surface area contributed by atoms with Gasteiger partial charge in [-0.2, -0.15) is 5.10 Å². The van der Waals surface area contributed by atoms with Gasteiger partial charge in [-0.25, -0.2) is 0 Å². The number of piperidine rings is 1. The van der Waals surface area contributed by atoms with Crippen molar-refractivity contribution in [3.8, 4) is 5.75 Å². The van der Waals surface area contributed by atoms with Crippen LogP contribution < -0.4 is 10.1 Å². The first kappa shape index (κ1) is 20.9. The monoisotopic (exact) mass is 421 g/mol. The van der Waals surface area contributed by atoms with Gasteiger partial charge in [0.1, 0.15) is 5.75 Å². The van der Waals surface area contributed by atoms with E-state index in [0.29, 0.717) is 30.0 Å². The van der Waals surface area contributed by atoms with Gasteiger partial charge in [0.2, 0.25) is 0 Å². The molecule has 0 aliphatic carbocycles. The van der Waals surface area contributed by atoms with E-state index in [0.717, 1.165) is 24.2 Å². The van der Waals surface area contributed by atoms with Crippen LogP contribution in [0.2, 0.25) is 0 Å². The number of benzene rings is 2. The Morgan fingerprint density at radius 2 is 1.90 bits per heavy atom. The summed E-state index contributed by atoms with van der Waals surface area (Å²) in [5.41, 5.74) is 3.14. The number of nitrogens with one attached hydrogen (secondary N) is 1. The Bertz CT molecular complexity index is 965. The van der Waals surface area contributed by atoms with Crippen molar-refractivity contribution < 1.29 is 19.4 Å². The van der Waals surface area contributed by atoms with E-state index in [1.807, 2.05) is 30.5 Å². The maximum atomic E-state index is 12.6. The number of amides is 1. The van der Waals surface area contributed by atoms with Crippen molar-refractivity contribution in [1.82, 2.24) is 5.01 Å². The van der Waals surface area contributed by atoms with Gasteiger partial charge in [0, 0.05) is 36.3 Å². The molecule has 1 amide bonds. The summed E-state index contributed by atoms with van der Waals surface area (Å²) in [5.74, 6) is -0.338. The van der Waals surface area contributed by atoms with Crippen LogP contribution in [0.1, 0.15) is 47.2 Å². The molecule has 2 aliphatic rings. The number of carbonyl (C=O) groups excluding carboxylic acids is 1. The molecule has 0 radical (unpaired) electrons. The van der Waals surface area contributed by atoms with Gasteiger partial charge in [0.05, 0.1) is 19.2 Å². The van der Waals surface area contributed by atoms with Crippen molar-refractivity contribution in [2.24, 2.45) is 11.0 Å². The zero-order chi connectivity index (χ0) is 21.6. The number of ether oxygens (including phenoxy) is 1. The molecule has 2 heterocycles. The van der Waals surface area contributed by atoms with Gasteiger partial charge in [-0.1, -0.05) is 18.2 Å². The Balaban J connectivity index is 1.35. The maximum Gasteiger partial charge on any atom is 0.303 e. The lowest BCUT2D eigenvalue weighted by Gasteiger charge is -2.24. The first-order valence-electron chi connectivity index (χ1n) is 10.7. The van der Waals surface area contributed by atoms with Crippen molar-refractivity contribution in [3.63, 3.8) is 0 Å². The minimum absolute atomic E-state index is 0.0255. The van der Waals surface area contributed by atoms with Crippen LogP contribution in [-0.2, 0) is 11.2 Å². The lowest BCUT2D eigenvalue weighted by molar-refractivity contribution is -0.138. The first-order chi connectivity index (χ1) is 15.1. The van der Waals surface area contributed by atoms with Gasteiger partial charge in [0.25, 0.3) is 5.91 Å². The molecule has 0 aromatic heterocycles. The lowest BCUT2D eigenvalue weighted by Crippen LogP contribution is -2.24. The van der Waals surface area contributed by atoms with Gasteiger partial charge in [0.15, 0.2) is 0 Å². The van der Waals surface area contributed by atoms with Gasteiger partial charge < -0.3 is 15.2 Å². The summed E-state index contributed by atoms with van der Waals surface area (Å²) in [6.07, 6.45) is 6.25. The molecule has 2 aromatic rings. The molecule has 7 heteroatoms. The smallest absolute Gasteiger partial charge is 0.303 e. The quantitative estimate of drug-likeness (QED) is 0.693. The van der Waals surface area contributed by atoms with Crippen molar-refractivity contribution in [2.75, 3.05) is 25.0 Å². The second-order valence-electron chi connectivity index (χ2n) is 8.14. The van der Waals surface area contributed by atoms with E-state index in [1.54, 1.807) is 18.2 Å². The Morgan fingerprint density at radius 1 is 1.13 bits per heavy atom. The van der Waals surface area contributed by atoms with E-state index in [1.165, 1.54) is 19.3 Å². The number of nitrogens with zero attached hydrogens (tertiary/aromatic N) is 2. The third kappa shape index (κ3) is 5.63. The number of fused-ring (bicyclic) bond motifs is 1. The van der Waals surface area contributed by atoms with Crippen molar-refractivity contribution in [3.05, 3.63) is 59.2 Å². The topological polar surface area (TPSA) is 91.2 Å². The van der Waals surface area contributed by atoms with E-state index < -0.39 is 5.97 Å². The number of carboxylic acids is 1. The molecule has 2 aromatic carbocycles. The van der Waals surface area contributed by atoms with Gasteiger partial charge in [-0.05, 0) is 55.0 Å². The Hall–Kier alpha value is -3.35. The predicted octanol–water partition coefficient (Wildman–Crippen LogP) is 3.78. The fraction of sp³-hybridized carbons (Fsp3) is 0.375. The lowest BCUT2D eigenvalue weighted by atomic mass is 9.94. The van der Waals surface area contributed by atoms with Crippen LogP contribution in [-0.4, -0.2) is 47.9 Å². The number of hydrogen-bond donors (Lipinski definition) is 2. The predicted molar refractivity (Wildman–Crippen MR) is 119 cm³/mol. The largest absolute Gasteiger partial charge is 0.493 e. The fourth-order valence-corrected chi connectivity index (χ4v) is 3.96. The number of carbonyl (C=O) groups is 2. The highest BCUT2D eigenvalue weighted by Crippen LogP contribution is 2.31. The van der Waals surface area contributed by atoms with E-state index in [-0.39, 0.29) is 18.2 Å². The van der Waals surface area contributed by atoms with Crippen molar-refractivity contribution >= 4 is 23.8 Å². The molecule has 7 nitrogen and oxygen atoms in total. The summed E-state index contributed by atoms with van der Waals surface area (Å²) in [6, 6.07) is 12.9. The number of carboxylic acid groups (broad SMARTS) is 1. The van der Waals surface area contributed by atoms with Gasteiger partial charge in [-0.15, -0.1) is 0 Å². The van der Waals surface area contributed by atoms with Gasteiger partial charge in [-0.3, -0.25) is 14.6 Å². The molecule has 162 valence electrons. The summed E-state index contributed by atoms with van der Waals surface area (Å²) < 4.78 is 5.72. The van der Waals surface area contributed by atoms with E-state index >= 15 is 0 Å². The summed E-state index contributed by atoms with van der Waals surface area (Å²) in [4.78, 5) is 23.5. The highest BCUT2D eigenvalue weighted by Gasteiger charge is 2.22. The van der Waals surface area contributed by atoms with Crippen LogP contribution in [0.25, 0.3) is 0 Å². The minimum atomic E-state index is -0.815. The number of hydrazone groups is 1. The highest BCUT2D eigenvalue weighted by atomic mass is 16.5. The van der Waals surface area contributed by atoms with E-state index in [4.69, 9.17) is 9.84 Å². The number of anilines is 1. The molecule has 0 bridgehead atoms. The third-order valence-corrected chi connectivity index (χ3v) is 5.65. The zero-order valence-corrected chi connectivity index (χ0v) is 17.4. The number of aliphatic carboxylic acids is 1. The average molecular weight is 421 g/mol. The first-order valence-corrected chi connectivity index (χ1v) is 10.7. The third-order valence-electron chi connectivity index (χ3n) is 5.65. The summed E-state index contributed by atoms with van der Waals surface area (Å²) in [6.45, 7) is 2.38. The van der Waals surface area contributed by atoms with Crippen LogP contribution >= 0.6 is 0 Å². The SMILES string of the molecule is O=C(O)CC1COc2cc(NC(=O)c3ccc(C=NN4CCCCC4)cc3)ccc2C1. The van der Waals surface area contributed by atoms with Crippen LogP contribution in [0.15, 0.2) is 47.6 Å². The zero-order valence-electron chi connectivity index (χ0n) is 17.4. The molecular formula is C24H27N3O4. The average Bonchev–Trinajstić information content (AvgIpc) is 2.78. The molecule has 1 unspecified atom stereocenters. The van der Waals surface area contributed by atoms with Crippen LogP contribution in [0.3, 0.4) is 0 Å². The molecule has 4 rings (SSSR count). The van der Waals surface area contributed by atoms with Gasteiger partial charge >= 0.3 is 5.97 Å².